The van der Waals surface area contributed by atoms with Gasteiger partial charge in [-0.15, -0.1) is 0 Å². The summed E-state index contributed by atoms with van der Waals surface area (Å²) in [5.41, 5.74) is 1.12. The van der Waals surface area contributed by atoms with Crippen molar-refractivity contribution in [3.8, 4) is 0 Å². The summed E-state index contributed by atoms with van der Waals surface area (Å²) in [7, 11) is 0. The molecule has 1 aliphatic rings. The lowest BCUT2D eigenvalue weighted by atomic mass is 10.2. The van der Waals surface area contributed by atoms with Crippen LogP contribution in [0.5, 0.6) is 0 Å². The number of benzene rings is 1. The van der Waals surface area contributed by atoms with Gasteiger partial charge in [0, 0.05) is 31.9 Å². The third kappa shape index (κ3) is 3.57. The molecule has 1 saturated heterocycles. The van der Waals surface area contributed by atoms with Crippen molar-refractivity contribution < 1.29 is 9.18 Å². The van der Waals surface area contributed by atoms with Gasteiger partial charge in [0.15, 0.2) is 0 Å². The molecule has 0 atom stereocenters. The van der Waals surface area contributed by atoms with Crippen LogP contribution in [0.3, 0.4) is 0 Å². The van der Waals surface area contributed by atoms with Gasteiger partial charge in [0.25, 0.3) is 5.91 Å². The first-order valence-electron chi connectivity index (χ1n) is 7.16. The Bertz CT molecular complexity index is 716. The van der Waals surface area contributed by atoms with Crippen molar-refractivity contribution >= 4 is 34.8 Å². The first kappa shape index (κ1) is 16.0. The molecular weight excluding hydrogens is 340 g/mol. The van der Waals surface area contributed by atoms with E-state index in [-0.39, 0.29) is 22.6 Å². The van der Waals surface area contributed by atoms with E-state index in [9.17, 15) is 9.18 Å². The van der Waals surface area contributed by atoms with Gasteiger partial charge in [-0.3, -0.25) is 4.79 Å². The smallest absolute Gasteiger partial charge is 0.274 e. The van der Waals surface area contributed by atoms with Crippen molar-refractivity contribution in [2.24, 2.45) is 0 Å². The summed E-state index contributed by atoms with van der Waals surface area (Å²) >= 11 is 11.9. The van der Waals surface area contributed by atoms with E-state index in [0.29, 0.717) is 31.2 Å². The van der Waals surface area contributed by atoms with Gasteiger partial charge in [-0.05, 0) is 36.4 Å². The van der Waals surface area contributed by atoms with Gasteiger partial charge in [0.2, 0.25) is 0 Å². The topological polar surface area (TPSA) is 36.4 Å². The molecule has 2 heterocycles. The summed E-state index contributed by atoms with van der Waals surface area (Å²) in [6.45, 7) is 2.41. The number of pyridine rings is 1. The molecule has 120 valence electrons. The van der Waals surface area contributed by atoms with Crippen LogP contribution in [-0.4, -0.2) is 42.0 Å². The van der Waals surface area contributed by atoms with E-state index in [0.717, 1.165) is 5.69 Å². The Hall–Kier alpha value is -1.85. The number of amides is 1. The van der Waals surface area contributed by atoms with Crippen molar-refractivity contribution in [3.63, 3.8) is 0 Å². The van der Waals surface area contributed by atoms with E-state index < -0.39 is 0 Å². The number of aromatic nitrogens is 1. The molecule has 7 heteroatoms. The number of hydrogen-bond acceptors (Lipinski definition) is 3. The molecule has 0 aliphatic carbocycles. The highest BCUT2D eigenvalue weighted by molar-refractivity contribution is 6.34. The molecule has 1 aromatic carbocycles. The van der Waals surface area contributed by atoms with Crippen LogP contribution in [0.2, 0.25) is 10.2 Å². The fourth-order valence-corrected chi connectivity index (χ4v) is 2.87. The maximum absolute atomic E-state index is 13.0. The molecule has 0 unspecified atom stereocenters. The highest BCUT2D eigenvalue weighted by atomic mass is 35.5. The average molecular weight is 354 g/mol. The van der Waals surface area contributed by atoms with Crippen LogP contribution in [0.1, 0.15) is 10.5 Å². The number of anilines is 1. The van der Waals surface area contributed by atoms with Gasteiger partial charge in [-0.1, -0.05) is 23.2 Å². The van der Waals surface area contributed by atoms with E-state index in [1.54, 1.807) is 29.2 Å². The third-order valence-electron chi connectivity index (χ3n) is 3.77. The summed E-state index contributed by atoms with van der Waals surface area (Å²) in [5, 5.41) is 0.531. The summed E-state index contributed by atoms with van der Waals surface area (Å²) in [6.07, 6.45) is 0. The molecule has 1 aliphatic heterocycles. The standard InChI is InChI=1S/C16H14Cl2FN3O/c17-13-5-6-14(18)20-15(13)16(23)22-9-7-21(8-10-22)12-3-1-11(19)2-4-12/h1-6H,7-10H2. The van der Waals surface area contributed by atoms with Crippen LogP contribution in [0.25, 0.3) is 0 Å². The molecule has 1 amide bonds. The number of carbonyl (C=O) groups is 1. The molecule has 23 heavy (non-hydrogen) atoms. The highest BCUT2D eigenvalue weighted by Crippen LogP contribution is 2.21. The minimum absolute atomic E-state index is 0.175. The van der Waals surface area contributed by atoms with Crippen LogP contribution in [-0.2, 0) is 0 Å². The molecule has 0 bridgehead atoms. The maximum Gasteiger partial charge on any atom is 0.274 e. The van der Waals surface area contributed by atoms with Crippen molar-refractivity contribution in [1.82, 2.24) is 9.88 Å². The Morgan fingerprint density at radius 1 is 1.00 bits per heavy atom. The Labute approximate surface area is 143 Å². The highest BCUT2D eigenvalue weighted by Gasteiger charge is 2.25. The van der Waals surface area contributed by atoms with Gasteiger partial charge >= 0.3 is 0 Å². The third-order valence-corrected chi connectivity index (χ3v) is 4.29. The second kappa shape index (κ2) is 6.72. The largest absolute Gasteiger partial charge is 0.368 e. The first-order valence-corrected chi connectivity index (χ1v) is 7.92. The van der Waals surface area contributed by atoms with E-state index in [4.69, 9.17) is 23.2 Å². The second-order valence-electron chi connectivity index (χ2n) is 5.22. The van der Waals surface area contributed by atoms with Crippen molar-refractivity contribution in [1.29, 1.82) is 0 Å². The zero-order valence-corrected chi connectivity index (χ0v) is 13.7. The van der Waals surface area contributed by atoms with Crippen molar-refractivity contribution in [2.75, 3.05) is 31.1 Å². The number of carbonyl (C=O) groups excluding carboxylic acids is 1. The molecule has 0 radical (unpaired) electrons. The molecule has 3 rings (SSSR count). The van der Waals surface area contributed by atoms with Crippen molar-refractivity contribution in [2.45, 2.75) is 0 Å². The van der Waals surface area contributed by atoms with E-state index in [2.05, 4.69) is 9.88 Å². The fourth-order valence-electron chi connectivity index (χ4n) is 2.54. The average Bonchev–Trinajstić information content (AvgIpc) is 2.57. The first-order chi connectivity index (χ1) is 11.0. The summed E-state index contributed by atoms with van der Waals surface area (Å²) < 4.78 is 13.0. The Balaban J connectivity index is 1.67. The lowest BCUT2D eigenvalue weighted by Crippen LogP contribution is -2.49. The normalized spacial score (nSPS) is 14.9. The summed E-state index contributed by atoms with van der Waals surface area (Å²) in [4.78, 5) is 20.3. The SMILES string of the molecule is O=C(c1nc(Cl)ccc1Cl)N1CCN(c2ccc(F)cc2)CC1. The van der Waals surface area contributed by atoms with Gasteiger partial charge in [0.05, 0.1) is 5.02 Å². The van der Waals surface area contributed by atoms with E-state index in [1.807, 2.05) is 0 Å². The fraction of sp³-hybridized carbons (Fsp3) is 0.250. The molecule has 1 fully saturated rings. The summed E-state index contributed by atoms with van der Waals surface area (Å²) in [5.74, 6) is -0.486. The Morgan fingerprint density at radius 3 is 2.30 bits per heavy atom. The minimum atomic E-state index is -0.260. The Kier molecular flexibility index (Phi) is 4.68. The van der Waals surface area contributed by atoms with Crippen LogP contribution < -0.4 is 4.90 Å². The number of hydrogen-bond donors (Lipinski definition) is 0. The molecule has 2 aromatic rings. The van der Waals surface area contributed by atoms with E-state index >= 15 is 0 Å². The van der Waals surface area contributed by atoms with Gasteiger partial charge in [-0.25, -0.2) is 9.37 Å². The van der Waals surface area contributed by atoms with Crippen LogP contribution in [0, 0.1) is 5.82 Å². The van der Waals surface area contributed by atoms with Crippen molar-refractivity contribution in [3.05, 3.63) is 58.1 Å². The number of halogens is 3. The molecule has 4 nitrogen and oxygen atoms in total. The van der Waals surface area contributed by atoms with Gasteiger partial charge in [-0.2, -0.15) is 0 Å². The van der Waals surface area contributed by atoms with Gasteiger partial charge < -0.3 is 9.80 Å². The minimum Gasteiger partial charge on any atom is -0.368 e. The maximum atomic E-state index is 13.0. The van der Waals surface area contributed by atoms with Crippen LogP contribution in [0.4, 0.5) is 10.1 Å². The predicted molar refractivity (Wildman–Crippen MR) is 88.8 cm³/mol. The quantitative estimate of drug-likeness (QED) is 0.775. The Morgan fingerprint density at radius 2 is 1.65 bits per heavy atom. The lowest BCUT2D eigenvalue weighted by Gasteiger charge is -2.36. The molecule has 1 aromatic heterocycles. The number of nitrogens with zero attached hydrogens (tertiary/aromatic N) is 3. The molecule has 0 saturated carbocycles. The van der Waals surface area contributed by atoms with E-state index in [1.165, 1.54) is 12.1 Å². The second-order valence-corrected chi connectivity index (χ2v) is 6.01. The van der Waals surface area contributed by atoms with Gasteiger partial charge in [0.1, 0.15) is 16.7 Å². The molecule has 0 N–H and O–H groups in total. The number of piperazine rings is 1. The van der Waals surface area contributed by atoms with Crippen LogP contribution >= 0.6 is 23.2 Å². The zero-order valence-electron chi connectivity index (χ0n) is 12.2. The van der Waals surface area contributed by atoms with Crippen LogP contribution in [0.15, 0.2) is 36.4 Å². The zero-order chi connectivity index (χ0) is 16.4. The molecule has 0 spiro atoms. The summed E-state index contributed by atoms with van der Waals surface area (Å²) in [6, 6.07) is 9.46. The number of rotatable bonds is 2. The monoisotopic (exact) mass is 353 g/mol. The lowest BCUT2D eigenvalue weighted by molar-refractivity contribution is 0.0741. The molecular formula is C16H14Cl2FN3O. The predicted octanol–water partition coefficient (Wildman–Crippen LogP) is 3.49.